The Balaban J connectivity index is 1.72. The Morgan fingerprint density at radius 2 is 1.80 bits per heavy atom. The van der Waals surface area contributed by atoms with Crippen molar-refractivity contribution >= 4 is 11.9 Å². The number of para-hydroxylation sites is 1. The number of rotatable bonds is 7. The van der Waals surface area contributed by atoms with Gasteiger partial charge in [0.1, 0.15) is 17.6 Å². The van der Waals surface area contributed by atoms with Gasteiger partial charge in [-0.1, -0.05) is 50.3 Å². The summed E-state index contributed by atoms with van der Waals surface area (Å²) in [5, 5.41) is 18.6. The fourth-order valence-corrected chi connectivity index (χ4v) is 3.50. The van der Waals surface area contributed by atoms with Crippen molar-refractivity contribution in [2.45, 2.75) is 26.9 Å². The first-order valence-electron chi connectivity index (χ1n) is 9.58. The van der Waals surface area contributed by atoms with Crippen LogP contribution in [0.4, 0.5) is 0 Å². The highest BCUT2D eigenvalue weighted by Crippen LogP contribution is 2.60. The van der Waals surface area contributed by atoms with E-state index in [2.05, 4.69) is 0 Å². The third-order valence-corrected chi connectivity index (χ3v) is 5.42. The van der Waals surface area contributed by atoms with Crippen molar-refractivity contribution in [3.8, 4) is 17.6 Å². The largest absolute Gasteiger partial charge is 0.478 e. The number of allylic oxidation sites excluding steroid dienone is 1. The molecule has 3 unspecified atom stereocenters. The van der Waals surface area contributed by atoms with Gasteiger partial charge in [-0.05, 0) is 42.5 Å². The SMILES string of the molecule is C/C(=C/C1C(C(=O)OC(C#N)c2cccc(Oc3ccccc3)c2)C1(C)C)C(=O)O. The summed E-state index contributed by atoms with van der Waals surface area (Å²) in [4.78, 5) is 23.8. The molecule has 154 valence electrons. The molecule has 0 radical (unpaired) electrons. The number of esters is 1. The minimum atomic E-state index is -1.08. The first-order chi connectivity index (χ1) is 14.2. The van der Waals surface area contributed by atoms with Crippen molar-refractivity contribution in [3.05, 3.63) is 71.8 Å². The second kappa shape index (κ2) is 8.42. The van der Waals surface area contributed by atoms with Crippen LogP contribution in [0, 0.1) is 28.6 Å². The number of carboxylic acids is 1. The molecule has 0 aromatic heterocycles. The summed E-state index contributed by atoms with van der Waals surface area (Å²) in [7, 11) is 0. The average Bonchev–Trinajstić information content (AvgIpc) is 3.26. The second-order valence-corrected chi connectivity index (χ2v) is 7.91. The number of hydrogen-bond donors (Lipinski definition) is 1. The topological polar surface area (TPSA) is 96.6 Å². The van der Waals surface area contributed by atoms with E-state index in [1.165, 1.54) is 6.92 Å². The summed E-state index contributed by atoms with van der Waals surface area (Å²) in [6, 6.07) is 18.1. The van der Waals surface area contributed by atoms with Crippen LogP contribution in [0.5, 0.6) is 11.5 Å². The number of nitriles is 1. The Morgan fingerprint density at radius 1 is 1.13 bits per heavy atom. The minimum absolute atomic E-state index is 0.186. The van der Waals surface area contributed by atoms with Gasteiger partial charge in [-0.3, -0.25) is 4.79 Å². The van der Waals surface area contributed by atoms with E-state index in [4.69, 9.17) is 14.6 Å². The monoisotopic (exact) mass is 405 g/mol. The van der Waals surface area contributed by atoms with Crippen molar-refractivity contribution in [1.82, 2.24) is 0 Å². The number of carbonyl (C=O) groups is 2. The molecule has 2 aromatic carbocycles. The number of hydrogen-bond acceptors (Lipinski definition) is 5. The molecule has 1 aliphatic carbocycles. The maximum absolute atomic E-state index is 12.7. The van der Waals surface area contributed by atoms with Crippen LogP contribution in [-0.2, 0) is 14.3 Å². The van der Waals surface area contributed by atoms with Crippen molar-refractivity contribution in [1.29, 1.82) is 5.26 Å². The summed E-state index contributed by atoms with van der Waals surface area (Å²) in [5.41, 5.74) is 0.268. The lowest BCUT2D eigenvalue weighted by molar-refractivity contribution is -0.149. The molecule has 1 fully saturated rings. The number of benzene rings is 2. The Labute approximate surface area is 175 Å². The molecule has 0 heterocycles. The fraction of sp³-hybridized carbons (Fsp3) is 0.292. The lowest BCUT2D eigenvalue weighted by Crippen LogP contribution is -2.14. The highest BCUT2D eigenvalue weighted by molar-refractivity contribution is 5.86. The standard InChI is InChI=1S/C24H23NO5/c1-15(22(26)27)12-19-21(24(19,2)3)23(28)30-20(14-25)16-8-7-11-18(13-16)29-17-9-5-4-6-10-17/h4-13,19-21H,1-3H3,(H,26,27)/b15-12-. The lowest BCUT2D eigenvalue weighted by Gasteiger charge is -2.13. The van der Waals surface area contributed by atoms with Crippen molar-refractivity contribution < 1.29 is 24.2 Å². The lowest BCUT2D eigenvalue weighted by atomic mass is 10.1. The Hall–Kier alpha value is -3.59. The molecule has 30 heavy (non-hydrogen) atoms. The maximum atomic E-state index is 12.7. The quantitative estimate of drug-likeness (QED) is 0.520. The smallest absolute Gasteiger partial charge is 0.330 e. The Kier molecular flexibility index (Phi) is 5.93. The van der Waals surface area contributed by atoms with Crippen LogP contribution in [-0.4, -0.2) is 17.0 Å². The van der Waals surface area contributed by atoms with Crippen molar-refractivity contribution in [2.75, 3.05) is 0 Å². The molecule has 0 bridgehead atoms. The molecule has 6 nitrogen and oxygen atoms in total. The molecule has 0 amide bonds. The van der Waals surface area contributed by atoms with E-state index in [-0.39, 0.29) is 11.5 Å². The highest BCUT2D eigenvalue weighted by Gasteiger charge is 2.62. The third-order valence-electron chi connectivity index (χ3n) is 5.42. The molecular formula is C24H23NO5. The predicted molar refractivity (Wildman–Crippen MR) is 110 cm³/mol. The van der Waals surface area contributed by atoms with E-state index in [9.17, 15) is 14.9 Å². The van der Waals surface area contributed by atoms with Gasteiger partial charge in [0.25, 0.3) is 0 Å². The van der Waals surface area contributed by atoms with Gasteiger partial charge >= 0.3 is 11.9 Å². The second-order valence-electron chi connectivity index (χ2n) is 7.91. The summed E-state index contributed by atoms with van der Waals surface area (Å²) in [5.74, 6) is -1.09. The minimum Gasteiger partial charge on any atom is -0.478 e. The van der Waals surface area contributed by atoms with E-state index >= 15 is 0 Å². The molecule has 2 aromatic rings. The summed E-state index contributed by atoms with van der Waals surface area (Å²) in [6.45, 7) is 5.26. The molecule has 1 N–H and O–H groups in total. The highest BCUT2D eigenvalue weighted by atomic mass is 16.5. The Morgan fingerprint density at radius 3 is 2.43 bits per heavy atom. The van der Waals surface area contributed by atoms with Gasteiger partial charge in [-0.25, -0.2) is 4.79 Å². The molecule has 0 aliphatic heterocycles. The van der Waals surface area contributed by atoms with E-state index in [1.54, 1.807) is 30.3 Å². The normalized spacial score (nSPS) is 20.5. The summed E-state index contributed by atoms with van der Waals surface area (Å²) >= 11 is 0. The average molecular weight is 405 g/mol. The molecule has 1 aliphatic rings. The maximum Gasteiger partial charge on any atom is 0.330 e. The van der Waals surface area contributed by atoms with Crippen LogP contribution in [0.15, 0.2) is 66.2 Å². The molecule has 3 atom stereocenters. The van der Waals surface area contributed by atoms with E-state index < -0.39 is 29.4 Å². The Bertz CT molecular complexity index is 1020. The fourth-order valence-electron chi connectivity index (χ4n) is 3.50. The molecular weight excluding hydrogens is 382 g/mol. The van der Waals surface area contributed by atoms with E-state index in [1.807, 2.05) is 50.2 Å². The van der Waals surface area contributed by atoms with E-state index in [0.29, 0.717) is 17.1 Å². The van der Waals surface area contributed by atoms with Crippen LogP contribution in [0.1, 0.15) is 32.4 Å². The molecule has 6 heteroatoms. The zero-order valence-corrected chi connectivity index (χ0v) is 17.0. The number of carbonyl (C=O) groups excluding carboxylic acids is 1. The van der Waals surface area contributed by atoms with Gasteiger partial charge in [0.05, 0.1) is 5.92 Å². The molecule has 3 rings (SSSR count). The zero-order chi connectivity index (χ0) is 21.9. The molecule has 0 saturated heterocycles. The number of aliphatic carboxylic acids is 1. The van der Waals surface area contributed by atoms with Crippen LogP contribution in [0.25, 0.3) is 0 Å². The molecule has 0 spiro atoms. The van der Waals surface area contributed by atoms with Crippen LogP contribution < -0.4 is 4.74 Å². The predicted octanol–water partition coefficient (Wildman–Crippen LogP) is 4.89. The van der Waals surface area contributed by atoms with Gasteiger partial charge < -0.3 is 14.6 Å². The van der Waals surface area contributed by atoms with E-state index in [0.717, 1.165) is 0 Å². The third kappa shape index (κ3) is 4.52. The van der Waals surface area contributed by atoms with Gasteiger partial charge in [0.2, 0.25) is 6.10 Å². The van der Waals surface area contributed by atoms with Crippen molar-refractivity contribution in [3.63, 3.8) is 0 Å². The zero-order valence-electron chi connectivity index (χ0n) is 17.0. The van der Waals surface area contributed by atoms with Gasteiger partial charge in [-0.2, -0.15) is 5.26 Å². The first-order valence-corrected chi connectivity index (χ1v) is 9.58. The van der Waals surface area contributed by atoms with Crippen LogP contribution >= 0.6 is 0 Å². The van der Waals surface area contributed by atoms with Crippen LogP contribution in [0.3, 0.4) is 0 Å². The number of nitrogens with zero attached hydrogens (tertiary/aromatic N) is 1. The summed E-state index contributed by atoms with van der Waals surface area (Å²) in [6.07, 6.45) is 0.502. The van der Waals surface area contributed by atoms with Gasteiger partial charge in [-0.15, -0.1) is 0 Å². The van der Waals surface area contributed by atoms with Crippen LogP contribution in [0.2, 0.25) is 0 Å². The van der Waals surface area contributed by atoms with Crippen molar-refractivity contribution in [2.24, 2.45) is 17.3 Å². The number of ether oxygens (including phenoxy) is 2. The number of carboxylic acid groups (broad SMARTS) is 1. The first kappa shape index (κ1) is 21.1. The van der Waals surface area contributed by atoms with Gasteiger partial charge in [0.15, 0.2) is 0 Å². The molecule has 1 saturated carbocycles. The summed E-state index contributed by atoms with van der Waals surface area (Å²) < 4.78 is 11.3. The van der Waals surface area contributed by atoms with Gasteiger partial charge in [0, 0.05) is 11.1 Å².